The van der Waals surface area contributed by atoms with E-state index >= 15 is 0 Å². The lowest BCUT2D eigenvalue weighted by Gasteiger charge is -2.35. The highest BCUT2D eigenvalue weighted by atomic mass is 15.2. The molecule has 1 aromatic carbocycles. The molecule has 0 saturated heterocycles. The monoisotopic (exact) mass is 408 g/mol. The first-order chi connectivity index (χ1) is 14.3. The fraction of sp³-hybridized carbons (Fsp3) is 0.654. The zero-order chi connectivity index (χ0) is 21.4. The Balaban J connectivity index is 1.51. The molecule has 1 aromatic heterocycles. The average molecular weight is 409 g/mol. The van der Waals surface area contributed by atoms with E-state index in [1.54, 1.807) is 0 Å². The summed E-state index contributed by atoms with van der Waals surface area (Å²) in [6.45, 7) is 18.4. The fourth-order valence-electron chi connectivity index (χ4n) is 5.39. The number of rotatable bonds is 6. The van der Waals surface area contributed by atoms with Gasteiger partial charge < -0.3 is 9.47 Å². The summed E-state index contributed by atoms with van der Waals surface area (Å²) in [7, 11) is 0. The van der Waals surface area contributed by atoms with Crippen molar-refractivity contribution in [2.45, 2.75) is 97.8 Å². The van der Waals surface area contributed by atoms with Crippen molar-refractivity contribution in [1.29, 1.82) is 0 Å². The largest absolute Gasteiger partial charge is 0.369 e. The van der Waals surface area contributed by atoms with E-state index in [9.17, 15) is 0 Å². The Hall–Kier alpha value is -1.81. The van der Waals surface area contributed by atoms with Gasteiger partial charge in [-0.1, -0.05) is 26.0 Å². The number of fused-ring (bicyclic) bond motifs is 2. The predicted octanol–water partition coefficient (Wildman–Crippen LogP) is 5.57. The van der Waals surface area contributed by atoms with E-state index < -0.39 is 0 Å². The number of benzene rings is 1. The van der Waals surface area contributed by atoms with Crippen molar-refractivity contribution < 1.29 is 0 Å². The highest BCUT2D eigenvalue weighted by molar-refractivity contribution is 5.58. The van der Waals surface area contributed by atoms with E-state index in [-0.39, 0.29) is 0 Å². The van der Waals surface area contributed by atoms with Crippen LogP contribution in [0.5, 0.6) is 0 Å². The van der Waals surface area contributed by atoms with Crippen molar-refractivity contribution >= 4 is 5.69 Å². The van der Waals surface area contributed by atoms with E-state index in [2.05, 4.69) is 80.4 Å². The van der Waals surface area contributed by atoms with Gasteiger partial charge in [-0.15, -0.1) is 0 Å². The van der Waals surface area contributed by atoms with E-state index in [4.69, 9.17) is 4.98 Å². The Bertz CT molecular complexity index is 866. The molecule has 0 N–H and O–H groups in total. The Labute approximate surface area is 183 Å². The Kier molecular flexibility index (Phi) is 6.24. The Morgan fingerprint density at radius 3 is 2.47 bits per heavy atom. The van der Waals surface area contributed by atoms with Crippen molar-refractivity contribution in [2.24, 2.45) is 0 Å². The summed E-state index contributed by atoms with van der Waals surface area (Å²) < 4.78 is 2.38. The molecule has 30 heavy (non-hydrogen) atoms. The van der Waals surface area contributed by atoms with Gasteiger partial charge >= 0.3 is 0 Å². The van der Waals surface area contributed by atoms with Gasteiger partial charge in [-0.05, 0) is 70.1 Å². The molecule has 2 atom stereocenters. The summed E-state index contributed by atoms with van der Waals surface area (Å²) in [6, 6.07) is 8.40. The van der Waals surface area contributed by atoms with Crippen LogP contribution < -0.4 is 4.90 Å². The van der Waals surface area contributed by atoms with Crippen molar-refractivity contribution in [2.75, 3.05) is 18.0 Å². The van der Waals surface area contributed by atoms with Gasteiger partial charge in [0.25, 0.3) is 0 Å². The number of hydrogen-bond donors (Lipinski definition) is 0. The molecule has 4 nitrogen and oxygen atoms in total. The topological polar surface area (TPSA) is 24.3 Å². The van der Waals surface area contributed by atoms with Gasteiger partial charge in [0.15, 0.2) is 0 Å². The average Bonchev–Trinajstić information content (AvgIpc) is 3.16. The second-order valence-corrected chi connectivity index (χ2v) is 10.2. The van der Waals surface area contributed by atoms with E-state index in [0.717, 1.165) is 26.1 Å². The second kappa shape index (κ2) is 8.74. The molecule has 2 unspecified atom stereocenters. The maximum Gasteiger partial charge on any atom is 0.0952 e. The van der Waals surface area contributed by atoms with Gasteiger partial charge in [0.2, 0.25) is 0 Å². The van der Waals surface area contributed by atoms with Gasteiger partial charge in [0.05, 0.1) is 17.7 Å². The van der Waals surface area contributed by atoms with Crippen molar-refractivity contribution in [3.63, 3.8) is 0 Å². The highest BCUT2D eigenvalue weighted by Gasteiger charge is 2.26. The van der Waals surface area contributed by atoms with Crippen molar-refractivity contribution in [1.82, 2.24) is 14.5 Å². The third kappa shape index (κ3) is 4.16. The first-order valence-electron chi connectivity index (χ1n) is 12.0. The van der Waals surface area contributed by atoms with Crippen LogP contribution in [0.3, 0.4) is 0 Å². The van der Waals surface area contributed by atoms with Crippen LogP contribution in [0, 0.1) is 0 Å². The molecular weight excluding hydrogens is 368 g/mol. The van der Waals surface area contributed by atoms with Crippen LogP contribution in [0.4, 0.5) is 5.69 Å². The molecule has 2 aliphatic heterocycles. The summed E-state index contributed by atoms with van der Waals surface area (Å²) in [6.07, 6.45) is 5.71. The predicted molar refractivity (Wildman–Crippen MR) is 126 cm³/mol. The summed E-state index contributed by atoms with van der Waals surface area (Å²) >= 11 is 0. The first kappa shape index (κ1) is 21.4. The lowest BCUT2D eigenvalue weighted by molar-refractivity contribution is 0.176. The van der Waals surface area contributed by atoms with Crippen molar-refractivity contribution in [3.8, 4) is 0 Å². The van der Waals surface area contributed by atoms with Crippen LogP contribution in [0.15, 0.2) is 24.5 Å². The standard InChI is InChI=1S/C26H40N4/c1-18(2)28-12-13-29-17-27-26(25(29)16-28)21(6)14-20(5)23-10-9-22-8-7-11-30(19(3)4)24(22)15-23/h9-10,15,17-21H,7-8,11-14,16H2,1-6H3. The number of anilines is 1. The lowest BCUT2D eigenvalue weighted by Crippen LogP contribution is -2.38. The van der Waals surface area contributed by atoms with Crippen LogP contribution in [-0.4, -0.2) is 39.6 Å². The molecule has 0 radical (unpaired) electrons. The molecule has 0 aliphatic carbocycles. The van der Waals surface area contributed by atoms with Gasteiger partial charge in [0.1, 0.15) is 0 Å². The zero-order valence-electron chi connectivity index (χ0n) is 19.9. The summed E-state index contributed by atoms with van der Waals surface area (Å²) in [5.41, 5.74) is 7.22. The summed E-state index contributed by atoms with van der Waals surface area (Å²) in [5.74, 6) is 1.00. The van der Waals surface area contributed by atoms with E-state index in [1.165, 1.54) is 47.6 Å². The number of aromatic nitrogens is 2. The van der Waals surface area contributed by atoms with Gasteiger partial charge in [0, 0.05) is 49.9 Å². The van der Waals surface area contributed by atoms with E-state index in [1.807, 2.05) is 0 Å². The fourth-order valence-corrected chi connectivity index (χ4v) is 5.39. The van der Waals surface area contributed by atoms with E-state index in [0.29, 0.717) is 23.9 Å². The van der Waals surface area contributed by atoms with Crippen LogP contribution in [0.2, 0.25) is 0 Å². The molecular formula is C26H40N4. The number of nitrogens with zero attached hydrogens (tertiary/aromatic N) is 4. The second-order valence-electron chi connectivity index (χ2n) is 10.2. The highest BCUT2D eigenvalue weighted by Crippen LogP contribution is 2.36. The molecule has 0 spiro atoms. The Morgan fingerprint density at radius 1 is 0.933 bits per heavy atom. The normalized spacial score (nSPS) is 19.1. The quantitative estimate of drug-likeness (QED) is 0.625. The zero-order valence-corrected chi connectivity index (χ0v) is 19.9. The third-order valence-corrected chi connectivity index (χ3v) is 7.32. The smallest absolute Gasteiger partial charge is 0.0952 e. The first-order valence-corrected chi connectivity index (χ1v) is 12.0. The lowest BCUT2D eigenvalue weighted by atomic mass is 9.87. The molecule has 2 aromatic rings. The Morgan fingerprint density at radius 2 is 1.73 bits per heavy atom. The maximum atomic E-state index is 4.87. The number of hydrogen-bond acceptors (Lipinski definition) is 3. The minimum Gasteiger partial charge on any atom is -0.369 e. The molecule has 0 fully saturated rings. The molecule has 0 amide bonds. The SMILES string of the molecule is CC(CC(C)c1ncn2c1CN(C(C)C)CC2)c1ccc2c(c1)N(C(C)C)CCC2. The minimum atomic E-state index is 0.473. The molecule has 4 heteroatoms. The molecule has 2 aliphatic rings. The molecule has 3 heterocycles. The molecule has 164 valence electrons. The minimum absolute atomic E-state index is 0.473. The summed E-state index contributed by atoms with van der Waals surface area (Å²) in [4.78, 5) is 10.0. The molecule has 0 saturated carbocycles. The van der Waals surface area contributed by atoms with Crippen molar-refractivity contribution in [3.05, 3.63) is 47.0 Å². The number of aryl methyl sites for hydroxylation is 1. The third-order valence-electron chi connectivity index (χ3n) is 7.32. The van der Waals surface area contributed by atoms with Gasteiger partial charge in [-0.3, -0.25) is 4.90 Å². The summed E-state index contributed by atoms with van der Waals surface area (Å²) in [5, 5.41) is 0. The maximum absolute atomic E-state index is 4.87. The van der Waals surface area contributed by atoms with Gasteiger partial charge in [-0.25, -0.2) is 4.98 Å². The van der Waals surface area contributed by atoms with Crippen LogP contribution in [0.1, 0.15) is 88.7 Å². The molecule has 4 rings (SSSR count). The number of imidazole rings is 1. The van der Waals surface area contributed by atoms with Crippen LogP contribution in [-0.2, 0) is 19.5 Å². The molecule has 0 bridgehead atoms. The van der Waals surface area contributed by atoms with Crippen LogP contribution in [0.25, 0.3) is 0 Å². The van der Waals surface area contributed by atoms with Gasteiger partial charge in [-0.2, -0.15) is 0 Å². The van der Waals surface area contributed by atoms with Crippen LogP contribution >= 0.6 is 0 Å².